The van der Waals surface area contributed by atoms with Gasteiger partial charge >= 0.3 is 5.69 Å². The lowest BCUT2D eigenvalue weighted by Gasteiger charge is -2.17. The van der Waals surface area contributed by atoms with E-state index in [2.05, 4.69) is 0 Å². The number of benzene rings is 1. The van der Waals surface area contributed by atoms with Crippen molar-refractivity contribution in [1.29, 1.82) is 0 Å². The number of hydrogen-bond donors (Lipinski definition) is 2. The lowest BCUT2D eigenvalue weighted by Crippen LogP contribution is -2.22. The van der Waals surface area contributed by atoms with Gasteiger partial charge < -0.3 is 10.2 Å². The van der Waals surface area contributed by atoms with Gasteiger partial charge in [-0.3, -0.25) is 14.9 Å². The Bertz CT molecular complexity index is 540. The Morgan fingerprint density at radius 2 is 2.00 bits per heavy atom. The number of rotatable bonds is 5. The topological polar surface area (TPSA) is 101 Å². The van der Waals surface area contributed by atoms with Crippen LogP contribution in [0.4, 0.5) is 14.5 Å². The number of carbonyl (C=O) groups is 1. The van der Waals surface area contributed by atoms with E-state index in [9.17, 15) is 33.9 Å². The molecule has 0 aliphatic rings. The number of nitrogens with zero attached hydrogens (tertiary/aromatic N) is 1. The van der Waals surface area contributed by atoms with Gasteiger partial charge in [-0.05, 0) is 0 Å². The highest BCUT2D eigenvalue weighted by atomic mass is 32.2. The van der Waals surface area contributed by atoms with E-state index < -0.39 is 40.0 Å². The van der Waals surface area contributed by atoms with Gasteiger partial charge in [0.25, 0.3) is 0 Å². The van der Waals surface area contributed by atoms with Gasteiger partial charge in [0.15, 0.2) is 5.12 Å². The summed E-state index contributed by atoms with van der Waals surface area (Å²) in [7, 11) is 0. The summed E-state index contributed by atoms with van der Waals surface area (Å²) in [5.41, 5.74) is -1.61. The normalized spacial score (nSPS) is 13.8. The zero-order valence-corrected chi connectivity index (χ0v) is 11.1. The third-order valence-electron chi connectivity index (χ3n) is 2.40. The number of thioether (sulfide) groups is 1. The molecule has 6 nitrogen and oxygen atoms in total. The molecule has 0 fully saturated rings. The summed E-state index contributed by atoms with van der Waals surface area (Å²) in [6, 6.07) is 0.790. The van der Waals surface area contributed by atoms with Gasteiger partial charge in [0, 0.05) is 30.4 Å². The van der Waals surface area contributed by atoms with Crippen LogP contribution in [0.1, 0.15) is 18.6 Å². The van der Waals surface area contributed by atoms with Crippen LogP contribution in [0.15, 0.2) is 12.1 Å². The molecule has 1 aromatic carbocycles. The molecule has 0 aliphatic heterocycles. The molecular formula is C11H11F2NO5S. The quantitative estimate of drug-likeness (QED) is 0.632. The Kier molecular flexibility index (Phi) is 5.54. The maximum Gasteiger partial charge on any atom is 0.305 e. The van der Waals surface area contributed by atoms with E-state index in [0.717, 1.165) is 0 Å². The summed E-state index contributed by atoms with van der Waals surface area (Å²) < 4.78 is 26.6. The van der Waals surface area contributed by atoms with Crippen molar-refractivity contribution in [2.24, 2.45) is 0 Å². The molecule has 20 heavy (non-hydrogen) atoms. The van der Waals surface area contributed by atoms with E-state index in [1.165, 1.54) is 6.92 Å². The van der Waals surface area contributed by atoms with Crippen molar-refractivity contribution in [3.63, 3.8) is 0 Å². The first kappa shape index (κ1) is 16.5. The van der Waals surface area contributed by atoms with Gasteiger partial charge in [0.05, 0.1) is 11.0 Å². The van der Waals surface area contributed by atoms with E-state index in [-0.39, 0.29) is 16.9 Å². The second-order valence-electron chi connectivity index (χ2n) is 3.90. The van der Waals surface area contributed by atoms with Gasteiger partial charge in [0.1, 0.15) is 11.9 Å². The van der Waals surface area contributed by atoms with E-state index in [0.29, 0.717) is 17.8 Å². The summed E-state index contributed by atoms with van der Waals surface area (Å²) in [6.45, 7) is 1.24. The first-order valence-electron chi connectivity index (χ1n) is 5.36. The van der Waals surface area contributed by atoms with Crippen LogP contribution >= 0.6 is 11.8 Å². The molecule has 2 atom stereocenters. The number of nitro groups is 1. The van der Waals surface area contributed by atoms with Gasteiger partial charge in [-0.1, -0.05) is 11.8 Å². The van der Waals surface area contributed by atoms with E-state index in [1.807, 2.05) is 0 Å². The predicted molar refractivity (Wildman–Crippen MR) is 67.1 cm³/mol. The number of hydrogen-bond acceptors (Lipinski definition) is 6. The largest absolute Gasteiger partial charge is 0.389 e. The van der Waals surface area contributed by atoms with Crippen molar-refractivity contribution in [2.45, 2.75) is 19.1 Å². The highest BCUT2D eigenvalue weighted by Gasteiger charge is 2.27. The summed E-state index contributed by atoms with van der Waals surface area (Å²) in [5, 5.41) is 29.5. The Morgan fingerprint density at radius 3 is 2.50 bits per heavy atom. The lowest BCUT2D eigenvalue weighted by molar-refractivity contribution is -0.387. The molecule has 0 saturated heterocycles. The summed E-state index contributed by atoms with van der Waals surface area (Å²) >= 11 is 0.703. The van der Waals surface area contributed by atoms with E-state index in [1.54, 1.807) is 0 Å². The Morgan fingerprint density at radius 1 is 1.40 bits per heavy atom. The fourth-order valence-corrected chi connectivity index (χ4v) is 2.01. The first-order valence-corrected chi connectivity index (χ1v) is 6.35. The average Bonchev–Trinajstić information content (AvgIpc) is 2.34. The second kappa shape index (κ2) is 6.73. The van der Waals surface area contributed by atoms with Crippen molar-refractivity contribution in [3.8, 4) is 0 Å². The molecule has 2 unspecified atom stereocenters. The molecule has 0 radical (unpaired) electrons. The average molecular weight is 307 g/mol. The van der Waals surface area contributed by atoms with E-state index >= 15 is 0 Å². The number of aliphatic hydroxyl groups is 2. The number of carbonyl (C=O) groups excluding carboxylic acids is 1. The third kappa shape index (κ3) is 3.95. The van der Waals surface area contributed by atoms with Crippen molar-refractivity contribution < 1.29 is 28.7 Å². The molecule has 1 aromatic rings. The molecule has 1 rings (SSSR count). The zero-order valence-electron chi connectivity index (χ0n) is 10.2. The Labute approximate surface area is 116 Å². The van der Waals surface area contributed by atoms with Crippen LogP contribution in [0, 0.1) is 21.7 Å². The van der Waals surface area contributed by atoms with Gasteiger partial charge in [0.2, 0.25) is 5.82 Å². The van der Waals surface area contributed by atoms with Gasteiger partial charge in [-0.2, -0.15) is 4.39 Å². The van der Waals surface area contributed by atoms with Crippen LogP contribution in [-0.2, 0) is 4.79 Å². The van der Waals surface area contributed by atoms with Crippen LogP contribution in [0.25, 0.3) is 0 Å². The molecule has 9 heteroatoms. The van der Waals surface area contributed by atoms with Crippen LogP contribution < -0.4 is 0 Å². The number of nitro benzene ring substituents is 1. The minimum atomic E-state index is -1.80. The molecule has 0 spiro atoms. The van der Waals surface area contributed by atoms with Crippen LogP contribution in [0.2, 0.25) is 0 Å². The minimum absolute atomic E-state index is 0.221. The summed E-state index contributed by atoms with van der Waals surface area (Å²) in [6.07, 6.45) is -3.33. The molecule has 0 saturated carbocycles. The Balaban J connectivity index is 3.02. The summed E-state index contributed by atoms with van der Waals surface area (Å²) in [5.74, 6) is -2.82. The summed E-state index contributed by atoms with van der Waals surface area (Å²) in [4.78, 5) is 20.2. The van der Waals surface area contributed by atoms with Gasteiger partial charge in [-0.15, -0.1) is 0 Å². The van der Waals surface area contributed by atoms with E-state index in [4.69, 9.17) is 0 Å². The van der Waals surface area contributed by atoms with Crippen molar-refractivity contribution >= 4 is 22.6 Å². The van der Waals surface area contributed by atoms with Gasteiger partial charge in [-0.25, -0.2) is 4.39 Å². The highest BCUT2D eigenvalue weighted by molar-refractivity contribution is 8.13. The highest BCUT2D eigenvalue weighted by Crippen LogP contribution is 2.28. The molecule has 0 aliphatic carbocycles. The molecule has 2 N–H and O–H groups in total. The monoisotopic (exact) mass is 307 g/mol. The predicted octanol–water partition coefficient (Wildman–Crippen LogP) is 1.55. The molecule has 0 bridgehead atoms. The maximum atomic E-state index is 13.5. The standard InChI is InChI=1S/C11H11F2NO5S/c1-5(15)20-4-10(16)11(17)6-2-9(14(18)19)8(13)3-7(6)12/h2-3,10-11,16-17H,4H2,1H3. The van der Waals surface area contributed by atoms with Crippen molar-refractivity contribution in [2.75, 3.05) is 5.75 Å². The fourth-order valence-electron chi connectivity index (χ4n) is 1.42. The Hall–Kier alpha value is -1.58. The molecule has 0 amide bonds. The van der Waals surface area contributed by atoms with Crippen molar-refractivity contribution in [1.82, 2.24) is 0 Å². The number of aliphatic hydroxyl groups excluding tert-OH is 2. The smallest absolute Gasteiger partial charge is 0.305 e. The maximum absolute atomic E-state index is 13.5. The molecular weight excluding hydrogens is 296 g/mol. The second-order valence-corrected chi connectivity index (χ2v) is 5.09. The number of halogens is 2. The fraction of sp³-hybridized carbons (Fsp3) is 0.364. The van der Waals surface area contributed by atoms with Crippen LogP contribution in [-0.4, -0.2) is 32.1 Å². The molecule has 0 aromatic heterocycles. The minimum Gasteiger partial charge on any atom is -0.389 e. The van der Waals surface area contributed by atoms with Crippen LogP contribution in [0.5, 0.6) is 0 Å². The molecule has 110 valence electrons. The van der Waals surface area contributed by atoms with Crippen LogP contribution in [0.3, 0.4) is 0 Å². The molecule has 0 heterocycles. The third-order valence-corrected chi connectivity index (χ3v) is 3.32. The lowest BCUT2D eigenvalue weighted by atomic mass is 10.0. The van der Waals surface area contributed by atoms with Crippen molar-refractivity contribution in [3.05, 3.63) is 39.4 Å². The SMILES string of the molecule is CC(=O)SCC(O)C(O)c1cc([N+](=O)[O-])c(F)cc1F. The first-order chi connectivity index (χ1) is 9.23. The zero-order chi connectivity index (χ0) is 15.4.